The predicted octanol–water partition coefficient (Wildman–Crippen LogP) is 3.04. The summed E-state index contributed by atoms with van der Waals surface area (Å²) in [5.74, 6) is 0. The Bertz CT molecular complexity index is 431. The number of aromatic nitrogens is 1. The van der Waals surface area contributed by atoms with Crippen molar-refractivity contribution in [2.75, 3.05) is 6.54 Å². The summed E-state index contributed by atoms with van der Waals surface area (Å²) in [6.07, 6.45) is 5.55. The Morgan fingerprint density at radius 2 is 1.88 bits per heavy atom. The van der Waals surface area contributed by atoms with Gasteiger partial charge in [0.25, 0.3) is 0 Å². The molecule has 0 amide bonds. The molecule has 0 atom stereocenters. The quantitative estimate of drug-likeness (QED) is 0.752. The van der Waals surface area contributed by atoms with Gasteiger partial charge in [0.15, 0.2) is 0 Å². The van der Waals surface area contributed by atoms with E-state index in [0.29, 0.717) is 0 Å². The lowest BCUT2D eigenvalue weighted by molar-refractivity contribution is 0.673. The van der Waals surface area contributed by atoms with E-state index in [-0.39, 0.29) is 0 Å². The van der Waals surface area contributed by atoms with Gasteiger partial charge in [0.05, 0.1) is 0 Å². The van der Waals surface area contributed by atoms with Crippen molar-refractivity contribution in [1.29, 1.82) is 0 Å². The van der Waals surface area contributed by atoms with E-state index in [9.17, 15) is 0 Å². The van der Waals surface area contributed by atoms with Crippen LogP contribution >= 0.6 is 0 Å². The first-order valence-electron chi connectivity index (χ1n) is 6.28. The van der Waals surface area contributed by atoms with Crippen LogP contribution in [0.1, 0.15) is 24.5 Å². The number of nitrogens with one attached hydrogen (secondary N) is 1. The molecule has 0 unspecified atom stereocenters. The standard InChI is InChI=1S/C15H20N2/c1-2-9-16-11-15-8-10-17(13-15)12-14-6-4-3-5-7-14/h3-8,10,13,16H,2,9,11-12H2,1H3. The molecule has 1 aromatic heterocycles. The molecule has 1 N–H and O–H groups in total. The van der Waals surface area contributed by atoms with E-state index in [4.69, 9.17) is 0 Å². The molecule has 0 saturated carbocycles. The lowest BCUT2D eigenvalue weighted by atomic mass is 10.2. The van der Waals surface area contributed by atoms with Crippen LogP contribution in [0.2, 0.25) is 0 Å². The van der Waals surface area contributed by atoms with Gasteiger partial charge in [-0.25, -0.2) is 0 Å². The molecule has 0 radical (unpaired) electrons. The summed E-state index contributed by atoms with van der Waals surface area (Å²) in [6, 6.07) is 12.7. The highest BCUT2D eigenvalue weighted by molar-refractivity contribution is 5.17. The average molecular weight is 228 g/mol. The van der Waals surface area contributed by atoms with E-state index in [2.05, 4.69) is 65.6 Å². The Morgan fingerprint density at radius 1 is 1.06 bits per heavy atom. The van der Waals surface area contributed by atoms with Crippen LogP contribution in [0.25, 0.3) is 0 Å². The van der Waals surface area contributed by atoms with Crippen molar-refractivity contribution >= 4 is 0 Å². The molecular formula is C15H20N2. The van der Waals surface area contributed by atoms with Crippen LogP contribution in [0, 0.1) is 0 Å². The van der Waals surface area contributed by atoms with Crippen LogP contribution < -0.4 is 5.32 Å². The summed E-state index contributed by atoms with van der Waals surface area (Å²) in [4.78, 5) is 0. The highest BCUT2D eigenvalue weighted by Gasteiger charge is 1.97. The summed E-state index contributed by atoms with van der Waals surface area (Å²) in [5, 5.41) is 3.42. The Labute approximate surface area is 103 Å². The summed E-state index contributed by atoms with van der Waals surface area (Å²) < 4.78 is 2.23. The smallest absolute Gasteiger partial charge is 0.0470 e. The lowest BCUT2D eigenvalue weighted by Crippen LogP contribution is -2.13. The molecule has 2 nitrogen and oxygen atoms in total. The zero-order valence-electron chi connectivity index (χ0n) is 10.4. The normalized spacial score (nSPS) is 10.6. The van der Waals surface area contributed by atoms with Gasteiger partial charge in [0, 0.05) is 25.5 Å². The molecule has 17 heavy (non-hydrogen) atoms. The Morgan fingerprint density at radius 3 is 2.65 bits per heavy atom. The van der Waals surface area contributed by atoms with Crippen molar-refractivity contribution in [3.8, 4) is 0 Å². The molecule has 0 saturated heterocycles. The Hall–Kier alpha value is -1.54. The molecule has 2 heteroatoms. The van der Waals surface area contributed by atoms with Gasteiger partial charge in [-0.3, -0.25) is 0 Å². The molecule has 90 valence electrons. The van der Waals surface area contributed by atoms with Gasteiger partial charge in [-0.2, -0.15) is 0 Å². The van der Waals surface area contributed by atoms with E-state index in [1.807, 2.05) is 0 Å². The number of rotatable bonds is 6. The molecule has 0 aliphatic rings. The van der Waals surface area contributed by atoms with Crippen LogP contribution in [-0.2, 0) is 13.1 Å². The van der Waals surface area contributed by atoms with Crippen molar-refractivity contribution in [3.63, 3.8) is 0 Å². The SMILES string of the molecule is CCCNCc1ccn(Cc2ccccc2)c1. The molecule has 0 fully saturated rings. The van der Waals surface area contributed by atoms with E-state index < -0.39 is 0 Å². The molecule has 0 bridgehead atoms. The van der Waals surface area contributed by atoms with Gasteiger partial charge in [-0.15, -0.1) is 0 Å². The maximum Gasteiger partial charge on any atom is 0.0470 e. The van der Waals surface area contributed by atoms with Crippen molar-refractivity contribution in [1.82, 2.24) is 9.88 Å². The van der Waals surface area contributed by atoms with Gasteiger partial charge < -0.3 is 9.88 Å². The molecule has 0 spiro atoms. The van der Waals surface area contributed by atoms with Gasteiger partial charge in [-0.05, 0) is 30.2 Å². The van der Waals surface area contributed by atoms with E-state index in [0.717, 1.165) is 19.6 Å². The third-order valence-electron chi connectivity index (χ3n) is 2.78. The first kappa shape index (κ1) is 11.9. The van der Waals surface area contributed by atoms with E-state index >= 15 is 0 Å². The number of nitrogens with zero attached hydrogens (tertiary/aromatic N) is 1. The number of hydrogen-bond acceptors (Lipinski definition) is 1. The first-order valence-corrected chi connectivity index (χ1v) is 6.28. The largest absolute Gasteiger partial charge is 0.350 e. The molecule has 0 aliphatic heterocycles. The van der Waals surface area contributed by atoms with Gasteiger partial charge in [0.2, 0.25) is 0 Å². The van der Waals surface area contributed by atoms with E-state index in [1.165, 1.54) is 17.5 Å². The monoisotopic (exact) mass is 228 g/mol. The summed E-state index contributed by atoms with van der Waals surface area (Å²) in [7, 11) is 0. The molecule has 0 aliphatic carbocycles. The van der Waals surface area contributed by atoms with Crippen molar-refractivity contribution < 1.29 is 0 Å². The maximum atomic E-state index is 3.42. The van der Waals surface area contributed by atoms with Crippen molar-refractivity contribution in [2.45, 2.75) is 26.4 Å². The minimum Gasteiger partial charge on any atom is -0.350 e. The first-order chi connectivity index (χ1) is 8.38. The fourth-order valence-electron chi connectivity index (χ4n) is 1.90. The number of benzene rings is 1. The lowest BCUT2D eigenvalue weighted by Gasteiger charge is -2.03. The molecule has 2 aromatic rings. The van der Waals surface area contributed by atoms with Crippen LogP contribution in [0.3, 0.4) is 0 Å². The third-order valence-corrected chi connectivity index (χ3v) is 2.78. The zero-order valence-corrected chi connectivity index (χ0v) is 10.4. The van der Waals surface area contributed by atoms with Crippen LogP contribution in [-0.4, -0.2) is 11.1 Å². The van der Waals surface area contributed by atoms with Crippen LogP contribution in [0.5, 0.6) is 0 Å². The average Bonchev–Trinajstić information content (AvgIpc) is 2.79. The fraction of sp³-hybridized carbons (Fsp3) is 0.333. The minimum absolute atomic E-state index is 0.953. The summed E-state index contributed by atoms with van der Waals surface area (Å²) >= 11 is 0. The fourth-order valence-corrected chi connectivity index (χ4v) is 1.90. The number of hydrogen-bond donors (Lipinski definition) is 1. The molecule has 1 aromatic carbocycles. The summed E-state index contributed by atoms with van der Waals surface area (Å²) in [5.41, 5.74) is 2.70. The Balaban J connectivity index is 1.90. The minimum atomic E-state index is 0.953. The van der Waals surface area contributed by atoms with Crippen molar-refractivity contribution in [3.05, 3.63) is 59.9 Å². The molecule has 2 rings (SSSR count). The second-order valence-electron chi connectivity index (χ2n) is 4.35. The van der Waals surface area contributed by atoms with Crippen LogP contribution in [0.4, 0.5) is 0 Å². The zero-order chi connectivity index (χ0) is 11.9. The molecule has 1 heterocycles. The third kappa shape index (κ3) is 3.75. The second-order valence-corrected chi connectivity index (χ2v) is 4.35. The summed E-state index contributed by atoms with van der Waals surface area (Å²) in [6.45, 7) is 5.20. The topological polar surface area (TPSA) is 17.0 Å². The highest BCUT2D eigenvalue weighted by atomic mass is 14.9. The maximum absolute atomic E-state index is 3.42. The Kier molecular flexibility index (Phi) is 4.39. The predicted molar refractivity (Wildman–Crippen MR) is 72.0 cm³/mol. The van der Waals surface area contributed by atoms with Gasteiger partial charge >= 0.3 is 0 Å². The van der Waals surface area contributed by atoms with Crippen molar-refractivity contribution in [2.24, 2.45) is 0 Å². The highest BCUT2D eigenvalue weighted by Crippen LogP contribution is 2.06. The second kappa shape index (κ2) is 6.26. The van der Waals surface area contributed by atoms with Gasteiger partial charge in [0.1, 0.15) is 0 Å². The molecular weight excluding hydrogens is 208 g/mol. The van der Waals surface area contributed by atoms with Gasteiger partial charge in [-0.1, -0.05) is 37.3 Å². The van der Waals surface area contributed by atoms with Crippen LogP contribution in [0.15, 0.2) is 48.8 Å². The van der Waals surface area contributed by atoms with E-state index in [1.54, 1.807) is 0 Å².